The molecule has 1 aromatic carbocycles. The molecule has 9 heteroatoms. The number of carbonyl (C=O) groups is 1. The van der Waals surface area contributed by atoms with Gasteiger partial charge in [-0.3, -0.25) is 0 Å². The SMILES string of the molecule is O=C(O)c1ccc(S(=O)(=O)N[C@@H]2COC[C@@H]2F)c(F)c1. The molecule has 0 aromatic heterocycles. The lowest BCUT2D eigenvalue weighted by molar-refractivity contribution is 0.0696. The van der Waals surface area contributed by atoms with Crippen LogP contribution in [0.3, 0.4) is 0 Å². The number of carboxylic acid groups (broad SMARTS) is 1. The lowest BCUT2D eigenvalue weighted by atomic mass is 10.2. The maximum Gasteiger partial charge on any atom is 0.335 e. The first-order valence-electron chi connectivity index (χ1n) is 5.58. The van der Waals surface area contributed by atoms with Crippen LogP contribution in [0.25, 0.3) is 0 Å². The fraction of sp³-hybridized carbons (Fsp3) is 0.364. The summed E-state index contributed by atoms with van der Waals surface area (Å²) in [6.07, 6.45) is -1.51. The second-order valence-electron chi connectivity index (χ2n) is 4.23. The molecule has 0 spiro atoms. The second-order valence-corrected chi connectivity index (χ2v) is 5.91. The van der Waals surface area contributed by atoms with Crippen molar-refractivity contribution in [1.82, 2.24) is 4.72 Å². The van der Waals surface area contributed by atoms with E-state index in [1.165, 1.54) is 0 Å². The molecule has 110 valence electrons. The molecule has 1 heterocycles. The quantitative estimate of drug-likeness (QED) is 0.847. The molecule has 0 amide bonds. The highest BCUT2D eigenvalue weighted by Crippen LogP contribution is 2.18. The molecule has 2 N–H and O–H groups in total. The average molecular weight is 307 g/mol. The highest BCUT2D eigenvalue weighted by atomic mass is 32.2. The van der Waals surface area contributed by atoms with Gasteiger partial charge in [-0.1, -0.05) is 0 Å². The number of halogens is 2. The van der Waals surface area contributed by atoms with Gasteiger partial charge in [-0.05, 0) is 18.2 Å². The van der Waals surface area contributed by atoms with E-state index in [2.05, 4.69) is 0 Å². The van der Waals surface area contributed by atoms with Gasteiger partial charge in [-0.15, -0.1) is 0 Å². The van der Waals surface area contributed by atoms with E-state index in [9.17, 15) is 22.0 Å². The lowest BCUT2D eigenvalue weighted by Crippen LogP contribution is -2.41. The van der Waals surface area contributed by atoms with Gasteiger partial charge in [-0.2, -0.15) is 0 Å². The summed E-state index contributed by atoms with van der Waals surface area (Å²) < 4.78 is 57.5. The van der Waals surface area contributed by atoms with Crippen molar-refractivity contribution < 1.29 is 31.8 Å². The van der Waals surface area contributed by atoms with Gasteiger partial charge >= 0.3 is 5.97 Å². The Balaban J connectivity index is 2.27. The maximum atomic E-state index is 13.7. The van der Waals surface area contributed by atoms with Crippen LogP contribution >= 0.6 is 0 Å². The first-order valence-corrected chi connectivity index (χ1v) is 7.06. The average Bonchev–Trinajstić information content (AvgIpc) is 2.73. The molecule has 0 bridgehead atoms. The Hall–Kier alpha value is -1.58. The van der Waals surface area contributed by atoms with E-state index < -0.39 is 38.9 Å². The van der Waals surface area contributed by atoms with Crippen molar-refractivity contribution >= 4 is 16.0 Å². The topological polar surface area (TPSA) is 92.7 Å². The largest absolute Gasteiger partial charge is 0.478 e. The minimum atomic E-state index is -4.29. The van der Waals surface area contributed by atoms with E-state index >= 15 is 0 Å². The molecule has 0 saturated carbocycles. The Kier molecular flexibility index (Phi) is 4.02. The van der Waals surface area contributed by atoms with Crippen LogP contribution in [-0.2, 0) is 14.8 Å². The number of alkyl halides is 1. The van der Waals surface area contributed by atoms with Crippen LogP contribution in [0.1, 0.15) is 10.4 Å². The molecule has 1 aliphatic rings. The van der Waals surface area contributed by atoms with Crippen LogP contribution in [0.4, 0.5) is 8.78 Å². The van der Waals surface area contributed by atoms with Crippen molar-refractivity contribution in [3.63, 3.8) is 0 Å². The van der Waals surface area contributed by atoms with Crippen molar-refractivity contribution in [2.75, 3.05) is 13.2 Å². The van der Waals surface area contributed by atoms with E-state index in [-0.39, 0.29) is 18.8 Å². The molecular weight excluding hydrogens is 296 g/mol. The maximum absolute atomic E-state index is 13.7. The van der Waals surface area contributed by atoms with Crippen LogP contribution in [0, 0.1) is 5.82 Å². The Morgan fingerprint density at radius 1 is 1.40 bits per heavy atom. The number of carboxylic acids is 1. The zero-order chi connectivity index (χ0) is 14.9. The number of ether oxygens (including phenoxy) is 1. The number of sulfonamides is 1. The summed E-state index contributed by atoms with van der Waals surface area (Å²) in [6.45, 7) is -0.372. The van der Waals surface area contributed by atoms with Crippen molar-refractivity contribution in [3.8, 4) is 0 Å². The third kappa shape index (κ3) is 2.94. The predicted octanol–water partition coefficient (Wildman–Crippen LogP) is 0.539. The minimum Gasteiger partial charge on any atom is -0.478 e. The van der Waals surface area contributed by atoms with E-state index in [0.29, 0.717) is 6.07 Å². The van der Waals surface area contributed by atoms with Gasteiger partial charge in [-0.25, -0.2) is 26.7 Å². The van der Waals surface area contributed by atoms with Crippen molar-refractivity contribution in [3.05, 3.63) is 29.6 Å². The van der Waals surface area contributed by atoms with Gasteiger partial charge in [0.15, 0.2) is 0 Å². The van der Waals surface area contributed by atoms with Gasteiger partial charge in [0.25, 0.3) is 0 Å². The third-order valence-corrected chi connectivity index (χ3v) is 4.31. The summed E-state index contributed by atoms with van der Waals surface area (Å²) in [5.74, 6) is -2.60. The van der Waals surface area contributed by atoms with E-state index in [1.54, 1.807) is 0 Å². The Morgan fingerprint density at radius 3 is 2.60 bits per heavy atom. The molecule has 1 aromatic rings. The highest BCUT2D eigenvalue weighted by Gasteiger charge is 2.33. The summed E-state index contributed by atoms with van der Waals surface area (Å²) in [7, 11) is -4.29. The molecule has 1 saturated heterocycles. The van der Waals surface area contributed by atoms with E-state index in [0.717, 1.165) is 12.1 Å². The molecule has 20 heavy (non-hydrogen) atoms. The summed E-state index contributed by atoms with van der Waals surface area (Å²) in [4.78, 5) is 9.90. The van der Waals surface area contributed by atoms with Gasteiger partial charge in [0.1, 0.15) is 16.9 Å². The molecule has 2 rings (SSSR count). The van der Waals surface area contributed by atoms with Crippen molar-refractivity contribution in [1.29, 1.82) is 0 Å². The summed E-state index contributed by atoms with van der Waals surface area (Å²) in [5.41, 5.74) is -0.381. The van der Waals surface area contributed by atoms with Crippen LogP contribution in [0.2, 0.25) is 0 Å². The first-order chi connectivity index (χ1) is 9.31. The Morgan fingerprint density at radius 2 is 2.10 bits per heavy atom. The monoisotopic (exact) mass is 307 g/mol. The second kappa shape index (κ2) is 5.43. The first kappa shape index (κ1) is 14.8. The molecule has 1 aliphatic heterocycles. The number of rotatable bonds is 4. The lowest BCUT2D eigenvalue weighted by Gasteiger charge is -2.14. The van der Waals surface area contributed by atoms with Gasteiger partial charge in [0.05, 0.1) is 24.8 Å². The third-order valence-electron chi connectivity index (χ3n) is 2.79. The number of hydrogen-bond donors (Lipinski definition) is 2. The molecule has 0 radical (unpaired) electrons. The van der Waals surface area contributed by atoms with Gasteiger partial charge < -0.3 is 9.84 Å². The predicted molar refractivity (Wildman–Crippen MR) is 63.2 cm³/mol. The van der Waals surface area contributed by atoms with Gasteiger partial charge in [0.2, 0.25) is 10.0 Å². The van der Waals surface area contributed by atoms with Crippen LogP contribution in [-0.4, -0.2) is 44.9 Å². The summed E-state index contributed by atoms with van der Waals surface area (Å²) >= 11 is 0. The molecule has 6 nitrogen and oxygen atoms in total. The van der Waals surface area contributed by atoms with Crippen LogP contribution in [0.5, 0.6) is 0 Å². The number of aromatic carboxylic acids is 1. The van der Waals surface area contributed by atoms with Crippen LogP contribution in [0.15, 0.2) is 23.1 Å². The molecule has 2 atom stereocenters. The van der Waals surface area contributed by atoms with Crippen LogP contribution < -0.4 is 4.72 Å². The zero-order valence-corrected chi connectivity index (χ0v) is 10.9. The fourth-order valence-electron chi connectivity index (χ4n) is 1.75. The molecule has 0 unspecified atom stereocenters. The molecule has 0 aliphatic carbocycles. The van der Waals surface area contributed by atoms with E-state index in [4.69, 9.17) is 9.84 Å². The Bertz CT molecular complexity index is 634. The molecule has 1 fully saturated rings. The number of nitrogens with one attached hydrogen (secondary N) is 1. The normalized spacial score (nSPS) is 22.9. The zero-order valence-electron chi connectivity index (χ0n) is 10.0. The highest BCUT2D eigenvalue weighted by molar-refractivity contribution is 7.89. The summed E-state index contributed by atoms with van der Waals surface area (Å²) in [5, 5.41) is 8.67. The van der Waals surface area contributed by atoms with Gasteiger partial charge in [0, 0.05) is 0 Å². The van der Waals surface area contributed by atoms with E-state index in [1.807, 2.05) is 4.72 Å². The number of hydrogen-bond acceptors (Lipinski definition) is 4. The number of benzene rings is 1. The van der Waals surface area contributed by atoms with Crippen molar-refractivity contribution in [2.45, 2.75) is 17.1 Å². The smallest absolute Gasteiger partial charge is 0.335 e. The standard InChI is InChI=1S/C11H11F2NO5S/c12-7-3-6(11(15)16)1-2-10(7)20(17,18)14-9-5-19-4-8(9)13/h1-3,8-9,14H,4-5H2,(H,15,16)/t8-,9+/m0/s1. The Labute approximate surface area is 113 Å². The summed E-state index contributed by atoms with van der Waals surface area (Å²) in [6, 6.07) is 1.29. The minimum absolute atomic E-state index is 0.144. The van der Waals surface area contributed by atoms with Crippen molar-refractivity contribution in [2.24, 2.45) is 0 Å². The fourth-order valence-corrected chi connectivity index (χ4v) is 3.05. The molecular formula is C11H11F2NO5S.